The summed E-state index contributed by atoms with van der Waals surface area (Å²) in [5.41, 5.74) is 7.22. The van der Waals surface area contributed by atoms with Gasteiger partial charge in [0.2, 0.25) is 15.9 Å². The highest BCUT2D eigenvalue weighted by Gasteiger charge is 2.36. The number of carbonyl (C=O) groups is 1. The van der Waals surface area contributed by atoms with E-state index >= 15 is 0 Å². The predicted molar refractivity (Wildman–Crippen MR) is 88.3 cm³/mol. The van der Waals surface area contributed by atoms with Gasteiger partial charge < -0.3 is 11.1 Å². The third-order valence-corrected chi connectivity index (χ3v) is 5.37. The number of nitrogens with two attached hydrogens (primary N) is 1. The number of rotatable bonds is 5. The Kier molecular flexibility index (Phi) is 4.77. The number of nitrogens with one attached hydrogen (secondary N) is 2. The van der Waals surface area contributed by atoms with Gasteiger partial charge in [0.25, 0.3) is 0 Å². The standard InChI is InChI=1S/C15H23N3O3S/c1-3-22(20,21)18-13-7-6-12(10-11(13)2)17-14(19)15(16)8-4-5-9-15/h6-7,10,18H,3-5,8-9,16H2,1-2H3,(H,17,19). The molecular weight excluding hydrogens is 302 g/mol. The van der Waals surface area contributed by atoms with E-state index in [0.29, 0.717) is 24.2 Å². The second-order valence-electron chi connectivity index (χ2n) is 5.85. The highest BCUT2D eigenvalue weighted by Crippen LogP contribution is 2.29. The average molecular weight is 325 g/mol. The van der Waals surface area contributed by atoms with Crippen molar-refractivity contribution in [1.29, 1.82) is 0 Å². The molecule has 0 saturated heterocycles. The summed E-state index contributed by atoms with van der Waals surface area (Å²) in [5.74, 6) is -0.160. The van der Waals surface area contributed by atoms with Crippen molar-refractivity contribution in [3.63, 3.8) is 0 Å². The third kappa shape index (κ3) is 3.78. The van der Waals surface area contributed by atoms with Crippen molar-refractivity contribution in [3.05, 3.63) is 23.8 Å². The summed E-state index contributed by atoms with van der Waals surface area (Å²) in [6.45, 7) is 3.37. The van der Waals surface area contributed by atoms with Crippen LogP contribution in [0.2, 0.25) is 0 Å². The van der Waals surface area contributed by atoms with E-state index in [9.17, 15) is 13.2 Å². The Morgan fingerprint density at radius 1 is 1.32 bits per heavy atom. The van der Waals surface area contributed by atoms with Gasteiger partial charge in [-0.3, -0.25) is 9.52 Å². The molecule has 1 fully saturated rings. The predicted octanol–water partition coefficient (Wildman–Crippen LogP) is 1.97. The molecule has 0 unspecified atom stereocenters. The van der Waals surface area contributed by atoms with Crippen LogP contribution >= 0.6 is 0 Å². The zero-order chi connectivity index (χ0) is 16.4. The summed E-state index contributed by atoms with van der Waals surface area (Å²) in [7, 11) is -3.31. The van der Waals surface area contributed by atoms with Crippen LogP contribution in [0.4, 0.5) is 11.4 Å². The van der Waals surface area contributed by atoms with Crippen LogP contribution in [0.5, 0.6) is 0 Å². The van der Waals surface area contributed by atoms with Gasteiger partial charge in [-0.25, -0.2) is 8.42 Å². The highest BCUT2D eigenvalue weighted by atomic mass is 32.2. The lowest BCUT2D eigenvalue weighted by Gasteiger charge is -2.22. The molecule has 1 aromatic rings. The normalized spacial score (nSPS) is 17.2. The maximum Gasteiger partial charge on any atom is 0.244 e. The van der Waals surface area contributed by atoms with Gasteiger partial charge >= 0.3 is 0 Å². The summed E-state index contributed by atoms with van der Waals surface area (Å²) in [6.07, 6.45) is 3.35. The van der Waals surface area contributed by atoms with Crippen LogP contribution in [0.3, 0.4) is 0 Å². The van der Waals surface area contributed by atoms with Crippen molar-refractivity contribution in [2.45, 2.75) is 45.1 Å². The summed E-state index contributed by atoms with van der Waals surface area (Å²) < 4.78 is 25.7. The van der Waals surface area contributed by atoms with Crippen LogP contribution < -0.4 is 15.8 Å². The maximum absolute atomic E-state index is 12.3. The Balaban J connectivity index is 2.11. The lowest BCUT2D eigenvalue weighted by atomic mass is 9.98. The van der Waals surface area contributed by atoms with Crippen LogP contribution in [-0.2, 0) is 14.8 Å². The van der Waals surface area contributed by atoms with Gasteiger partial charge in [-0.05, 0) is 50.5 Å². The zero-order valence-corrected chi connectivity index (χ0v) is 13.8. The lowest BCUT2D eigenvalue weighted by molar-refractivity contribution is -0.121. The molecular formula is C15H23N3O3S. The quantitative estimate of drug-likeness (QED) is 0.770. The number of hydrogen-bond acceptors (Lipinski definition) is 4. The minimum atomic E-state index is -3.31. The van der Waals surface area contributed by atoms with Gasteiger partial charge in [0.15, 0.2) is 0 Å². The highest BCUT2D eigenvalue weighted by molar-refractivity contribution is 7.92. The number of amides is 1. The van der Waals surface area contributed by atoms with Gasteiger partial charge in [-0.2, -0.15) is 0 Å². The molecule has 1 aliphatic rings. The minimum absolute atomic E-state index is 0.0145. The Morgan fingerprint density at radius 3 is 2.50 bits per heavy atom. The minimum Gasteiger partial charge on any atom is -0.324 e. The molecule has 7 heteroatoms. The van der Waals surface area contributed by atoms with Gasteiger partial charge in [0.05, 0.1) is 17.0 Å². The molecule has 0 spiro atoms. The smallest absolute Gasteiger partial charge is 0.244 e. The number of aryl methyl sites for hydroxylation is 1. The van der Waals surface area contributed by atoms with E-state index in [4.69, 9.17) is 5.73 Å². The maximum atomic E-state index is 12.3. The van der Waals surface area contributed by atoms with E-state index in [0.717, 1.165) is 18.4 Å². The fraction of sp³-hybridized carbons (Fsp3) is 0.533. The molecule has 1 aliphatic carbocycles. The second-order valence-corrected chi connectivity index (χ2v) is 7.86. The first kappa shape index (κ1) is 16.8. The van der Waals surface area contributed by atoms with E-state index in [1.54, 1.807) is 32.0 Å². The Morgan fingerprint density at radius 2 is 1.95 bits per heavy atom. The largest absolute Gasteiger partial charge is 0.324 e. The van der Waals surface area contributed by atoms with Crippen LogP contribution in [0, 0.1) is 6.92 Å². The summed E-state index contributed by atoms with van der Waals surface area (Å²) in [6, 6.07) is 5.07. The molecule has 0 atom stereocenters. The second kappa shape index (κ2) is 6.26. The SMILES string of the molecule is CCS(=O)(=O)Nc1ccc(NC(=O)C2(N)CCCC2)cc1C. The van der Waals surface area contributed by atoms with Crippen molar-refractivity contribution in [3.8, 4) is 0 Å². The number of hydrogen-bond donors (Lipinski definition) is 3. The molecule has 22 heavy (non-hydrogen) atoms. The van der Waals surface area contributed by atoms with Crippen molar-refractivity contribution < 1.29 is 13.2 Å². The molecule has 1 saturated carbocycles. The molecule has 6 nitrogen and oxygen atoms in total. The van der Waals surface area contributed by atoms with Gasteiger partial charge in [-0.15, -0.1) is 0 Å². The van der Waals surface area contributed by atoms with E-state index in [1.807, 2.05) is 0 Å². The van der Waals surface area contributed by atoms with E-state index in [2.05, 4.69) is 10.0 Å². The Bertz CT molecular complexity index is 665. The molecule has 1 aromatic carbocycles. The summed E-state index contributed by atoms with van der Waals surface area (Å²) in [5, 5.41) is 2.83. The molecule has 0 heterocycles. The van der Waals surface area contributed by atoms with Crippen molar-refractivity contribution >= 4 is 27.3 Å². The van der Waals surface area contributed by atoms with Gasteiger partial charge in [-0.1, -0.05) is 12.8 Å². The first-order chi connectivity index (χ1) is 10.3. The van der Waals surface area contributed by atoms with E-state index < -0.39 is 15.6 Å². The van der Waals surface area contributed by atoms with Gasteiger partial charge in [0.1, 0.15) is 0 Å². The first-order valence-electron chi connectivity index (χ1n) is 7.47. The number of benzene rings is 1. The molecule has 0 aromatic heterocycles. The molecule has 122 valence electrons. The topological polar surface area (TPSA) is 101 Å². The molecule has 0 aliphatic heterocycles. The third-order valence-electron chi connectivity index (χ3n) is 4.08. The van der Waals surface area contributed by atoms with E-state index in [1.165, 1.54) is 0 Å². The van der Waals surface area contributed by atoms with Crippen LogP contribution in [0.25, 0.3) is 0 Å². The molecule has 2 rings (SSSR count). The first-order valence-corrected chi connectivity index (χ1v) is 9.12. The average Bonchev–Trinajstić information content (AvgIpc) is 2.90. The fourth-order valence-corrected chi connectivity index (χ4v) is 3.29. The zero-order valence-electron chi connectivity index (χ0n) is 13.0. The number of carbonyl (C=O) groups excluding carboxylic acids is 1. The van der Waals surface area contributed by atoms with Crippen LogP contribution in [-0.4, -0.2) is 25.6 Å². The van der Waals surface area contributed by atoms with E-state index in [-0.39, 0.29) is 11.7 Å². The van der Waals surface area contributed by atoms with Crippen LogP contribution in [0.1, 0.15) is 38.2 Å². The molecule has 0 radical (unpaired) electrons. The Labute approximate surface area is 131 Å². The summed E-state index contributed by atoms with van der Waals surface area (Å²) in [4.78, 5) is 12.3. The van der Waals surface area contributed by atoms with Crippen molar-refractivity contribution in [2.75, 3.05) is 15.8 Å². The molecule has 0 bridgehead atoms. The number of sulfonamides is 1. The van der Waals surface area contributed by atoms with Crippen molar-refractivity contribution in [1.82, 2.24) is 0 Å². The number of anilines is 2. The molecule has 4 N–H and O–H groups in total. The lowest BCUT2D eigenvalue weighted by Crippen LogP contribution is -2.48. The fourth-order valence-electron chi connectivity index (χ4n) is 2.58. The summed E-state index contributed by atoms with van der Waals surface area (Å²) >= 11 is 0. The van der Waals surface area contributed by atoms with Gasteiger partial charge in [0, 0.05) is 5.69 Å². The van der Waals surface area contributed by atoms with Crippen molar-refractivity contribution in [2.24, 2.45) is 5.73 Å². The molecule has 1 amide bonds. The monoisotopic (exact) mass is 325 g/mol. The van der Waals surface area contributed by atoms with Crippen LogP contribution in [0.15, 0.2) is 18.2 Å². The Hall–Kier alpha value is -1.60.